The first-order valence-corrected chi connectivity index (χ1v) is 5.00. The van der Waals surface area contributed by atoms with Crippen LogP contribution in [0.25, 0.3) is 0 Å². The Labute approximate surface area is 96.7 Å². The molecule has 0 fully saturated rings. The van der Waals surface area contributed by atoms with Crippen LogP contribution < -0.4 is 0 Å². The van der Waals surface area contributed by atoms with Gasteiger partial charge < -0.3 is 5.11 Å². The summed E-state index contributed by atoms with van der Waals surface area (Å²) >= 11 is 0.182. The van der Waals surface area contributed by atoms with Gasteiger partial charge in [0, 0.05) is 0 Å². The second-order valence-electron chi connectivity index (χ2n) is 2.99. The lowest BCUT2D eigenvalue weighted by Gasteiger charge is -2.00. The van der Waals surface area contributed by atoms with Crippen molar-refractivity contribution in [3.05, 3.63) is 21.9 Å². The molecule has 92 valence electrons. The molecule has 1 aromatic heterocycles. The molecular formula is C9H5F3O4S. The Morgan fingerprint density at radius 3 is 2.24 bits per heavy atom. The smallest absolute Gasteiger partial charge is 0.425 e. The maximum atomic E-state index is 12.2. The lowest BCUT2D eigenvalue weighted by atomic mass is 10.2. The molecule has 1 N–H and O–H groups in total. The third-order valence-corrected chi connectivity index (χ3v) is 2.89. The van der Waals surface area contributed by atoms with Crippen molar-refractivity contribution in [3.63, 3.8) is 0 Å². The van der Waals surface area contributed by atoms with Gasteiger partial charge in [-0.15, -0.1) is 11.3 Å². The molecule has 4 nitrogen and oxygen atoms in total. The van der Waals surface area contributed by atoms with E-state index in [9.17, 15) is 27.6 Å². The minimum Gasteiger partial charge on any atom is -0.475 e. The van der Waals surface area contributed by atoms with Crippen LogP contribution in [0.3, 0.4) is 0 Å². The van der Waals surface area contributed by atoms with Crippen molar-refractivity contribution in [2.75, 3.05) is 0 Å². The van der Waals surface area contributed by atoms with E-state index in [4.69, 9.17) is 5.11 Å². The molecule has 1 heterocycles. The summed E-state index contributed by atoms with van der Waals surface area (Å²) in [6.45, 7) is 0. The monoisotopic (exact) mass is 266 g/mol. The summed E-state index contributed by atoms with van der Waals surface area (Å²) in [6.07, 6.45) is -5.49. The van der Waals surface area contributed by atoms with Gasteiger partial charge in [-0.05, 0) is 12.1 Å². The molecule has 0 aliphatic carbocycles. The summed E-state index contributed by atoms with van der Waals surface area (Å²) in [7, 11) is 0. The second kappa shape index (κ2) is 4.66. The number of thiophene rings is 1. The van der Waals surface area contributed by atoms with Crippen LogP contribution >= 0.6 is 11.3 Å². The highest BCUT2D eigenvalue weighted by atomic mass is 32.1. The molecule has 1 aromatic rings. The van der Waals surface area contributed by atoms with Crippen molar-refractivity contribution in [1.29, 1.82) is 0 Å². The fourth-order valence-electron chi connectivity index (χ4n) is 0.949. The van der Waals surface area contributed by atoms with Gasteiger partial charge in [0.25, 0.3) is 0 Å². The van der Waals surface area contributed by atoms with Crippen LogP contribution in [0, 0.1) is 0 Å². The summed E-state index contributed by atoms with van der Waals surface area (Å²) in [4.78, 5) is 30.8. The van der Waals surface area contributed by atoms with Gasteiger partial charge in [0.1, 0.15) is 4.88 Å². The van der Waals surface area contributed by atoms with E-state index in [1.165, 1.54) is 0 Å². The number of carboxylic acids is 1. The highest BCUT2D eigenvalue weighted by Gasteiger charge is 2.33. The van der Waals surface area contributed by atoms with E-state index < -0.39 is 35.0 Å². The summed E-state index contributed by atoms with van der Waals surface area (Å²) in [5.41, 5.74) is 0. The number of hydrogen-bond acceptors (Lipinski definition) is 4. The highest BCUT2D eigenvalue weighted by Crippen LogP contribution is 2.34. The maximum absolute atomic E-state index is 12.2. The normalized spacial score (nSPS) is 11.2. The van der Waals surface area contributed by atoms with Gasteiger partial charge >= 0.3 is 12.1 Å². The maximum Gasteiger partial charge on any atom is 0.425 e. The first-order valence-electron chi connectivity index (χ1n) is 4.18. The molecule has 0 atom stereocenters. The minimum atomic E-state index is -4.56. The highest BCUT2D eigenvalue weighted by molar-refractivity contribution is 7.14. The van der Waals surface area contributed by atoms with Crippen molar-refractivity contribution < 1.29 is 32.7 Å². The van der Waals surface area contributed by atoms with Crippen molar-refractivity contribution in [2.45, 2.75) is 12.6 Å². The van der Waals surface area contributed by atoms with Crippen LogP contribution in [0.4, 0.5) is 13.2 Å². The van der Waals surface area contributed by atoms with Crippen LogP contribution in [0.2, 0.25) is 0 Å². The topological polar surface area (TPSA) is 71.4 Å². The van der Waals surface area contributed by atoms with Gasteiger partial charge in [-0.25, -0.2) is 4.79 Å². The minimum absolute atomic E-state index is 0.182. The Balaban J connectivity index is 2.81. The Kier molecular flexibility index (Phi) is 3.66. The van der Waals surface area contributed by atoms with E-state index in [2.05, 4.69) is 0 Å². The number of carbonyl (C=O) groups is 3. The lowest BCUT2D eigenvalue weighted by molar-refractivity contribution is -0.148. The number of aliphatic carboxylic acids is 1. The number of alkyl halides is 3. The van der Waals surface area contributed by atoms with Gasteiger partial charge in [0.2, 0.25) is 5.78 Å². The standard InChI is InChI=1S/C9H5F3O4S/c10-9(11,12)7-2-1-6(17-7)4(13)3-5(14)8(15)16/h1-2H,3H2,(H,15,16). The summed E-state index contributed by atoms with van der Waals surface area (Å²) in [5, 5.41) is 8.23. The average molecular weight is 266 g/mol. The SMILES string of the molecule is O=C(O)C(=O)CC(=O)c1ccc(C(F)(F)F)s1. The first kappa shape index (κ1) is 13.4. The number of rotatable bonds is 4. The molecule has 0 spiro atoms. The van der Waals surface area contributed by atoms with Gasteiger partial charge in [0.15, 0.2) is 5.78 Å². The Bertz CT molecular complexity index is 475. The van der Waals surface area contributed by atoms with Crippen LogP contribution in [-0.4, -0.2) is 22.6 Å². The van der Waals surface area contributed by atoms with Crippen LogP contribution in [0.1, 0.15) is 21.0 Å². The second-order valence-corrected chi connectivity index (χ2v) is 4.07. The van der Waals surface area contributed by atoms with Crippen molar-refractivity contribution in [1.82, 2.24) is 0 Å². The number of hydrogen-bond donors (Lipinski definition) is 1. The van der Waals surface area contributed by atoms with Gasteiger partial charge in [0.05, 0.1) is 11.3 Å². The molecule has 8 heteroatoms. The lowest BCUT2D eigenvalue weighted by Crippen LogP contribution is -2.16. The molecule has 0 unspecified atom stereocenters. The largest absolute Gasteiger partial charge is 0.475 e. The predicted octanol–water partition coefficient (Wildman–Crippen LogP) is 1.99. The van der Waals surface area contributed by atoms with Gasteiger partial charge in [-0.3, -0.25) is 9.59 Å². The molecular weight excluding hydrogens is 261 g/mol. The van der Waals surface area contributed by atoms with Crippen molar-refractivity contribution >= 4 is 28.9 Å². The fourth-order valence-corrected chi connectivity index (χ4v) is 1.76. The Hall–Kier alpha value is -1.70. The molecule has 17 heavy (non-hydrogen) atoms. The van der Waals surface area contributed by atoms with E-state index in [1.54, 1.807) is 0 Å². The van der Waals surface area contributed by atoms with Crippen molar-refractivity contribution in [2.24, 2.45) is 0 Å². The van der Waals surface area contributed by atoms with E-state index >= 15 is 0 Å². The number of halogens is 3. The van der Waals surface area contributed by atoms with Crippen LogP contribution in [-0.2, 0) is 15.8 Å². The zero-order chi connectivity index (χ0) is 13.2. The molecule has 0 bridgehead atoms. The number of Topliss-reactive ketones (excluding diaryl/α,β-unsaturated/α-hetero) is 2. The molecule has 0 saturated heterocycles. The van der Waals surface area contributed by atoms with Gasteiger partial charge in [-0.2, -0.15) is 13.2 Å². The van der Waals surface area contributed by atoms with Crippen LogP contribution in [0.15, 0.2) is 12.1 Å². The molecule has 0 aliphatic rings. The van der Waals surface area contributed by atoms with E-state index in [1.807, 2.05) is 0 Å². The van der Waals surface area contributed by atoms with Crippen molar-refractivity contribution in [3.8, 4) is 0 Å². The van der Waals surface area contributed by atoms with Crippen LogP contribution in [0.5, 0.6) is 0 Å². The molecule has 0 aliphatic heterocycles. The number of carbonyl (C=O) groups excluding carboxylic acids is 2. The third-order valence-electron chi connectivity index (χ3n) is 1.72. The molecule has 0 aromatic carbocycles. The predicted molar refractivity (Wildman–Crippen MR) is 50.9 cm³/mol. The number of carboxylic acid groups (broad SMARTS) is 1. The first-order chi connectivity index (χ1) is 7.71. The quantitative estimate of drug-likeness (QED) is 0.514. The molecule has 1 rings (SSSR count). The van der Waals surface area contributed by atoms with Gasteiger partial charge in [-0.1, -0.05) is 0 Å². The summed E-state index contributed by atoms with van der Waals surface area (Å²) in [5.74, 6) is -4.07. The fraction of sp³-hybridized carbons (Fsp3) is 0.222. The van der Waals surface area contributed by atoms with E-state index in [0.29, 0.717) is 6.07 Å². The Morgan fingerprint density at radius 1 is 1.24 bits per heavy atom. The van der Waals surface area contributed by atoms with E-state index in [-0.39, 0.29) is 16.2 Å². The molecule has 0 amide bonds. The molecule has 0 radical (unpaired) electrons. The summed E-state index contributed by atoms with van der Waals surface area (Å²) in [6, 6.07) is 1.63. The zero-order valence-electron chi connectivity index (χ0n) is 8.08. The molecule has 0 saturated carbocycles. The third kappa shape index (κ3) is 3.38. The Morgan fingerprint density at radius 2 is 1.82 bits per heavy atom. The summed E-state index contributed by atoms with van der Waals surface area (Å²) < 4.78 is 36.6. The average Bonchev–Trinajstić information content (AvgIpc) is 2.65. The number of ketones is 2. The van der Waals surface area contributed by atoms with E-state index in [0.717, 1.165) is 6.07 Å². The zero-order valence-corrected chi connectivity index (χ0v) is 8.89.